The number of ketones is 1. The van der Waals surface area contributed by atoms with Gasteiger partial charge in [-0.15, -0.1) is 0 Å². The second-order valence-corrected chi connectivity index (χ2v) is 11.6. The van der Waals surface area contributed by atoms with Gasteiger partial charge >= 0.3 is 0 Å². The highest BCUT2D eigenvalue weighted by Crippen LogP contribution is 2.26. The van der Waals surface area contributed by atoms with E-state index in [0.717, 1.165) is 37.4 Å². The fourth-order valence-electron chi connectivity index (χ4n) is 4.74. The van der Waals surface area contributed by atoms with Crippen molar-refractivity contribution in [1.82, 2.24) is 15.5 Å². The number of Topliss-reactive ketones (excluding diaryl/α,β-unsaturated/α-hetero) is 1. The molecule has 0 bridgehead atoms. The van der Waals surface area contributed by atoms with Gasteiger partial charge in [0.1, 0.15) is 11.8 Å². The molecule has 0 spiro atoms. The molecule has 0 aromatic carbocycles. The summed E-state index contributed by atoms with van der Waals surface area (Å²) in [6.07, 6.45) is 8.51. The second-order valence-electron chi connectivity index (χ2n) is 11.6. The molecule has 4 atom stereocenters. The van der Waals surface area contributed by atoms with Gasteiger partial charge in [-0.3, -0.25) is 14.4 Å². The number of nitrogens with two attached hydrogens (primary N) is 1. The molecular weight excluding hydrogens is 464 g/mol. The average Bonchev–Trinajstić information content (AvgIpc) is 3.56. The van der Waals surface area contributed by atoms with Crippen molar-refractivity contribution in [2.75, 3.05) is 13.1 Å². The van der Waals surface area contributed by atoms with Crippen LogP contribution in [-0.4, -0.2) is 47.8 Å². The zero-order valence-electron chi connectivity index (χ0n) is 25.2. The molecule has 4 N–H and O–H groups in total. The number of nitrogens with zero attached hydrogens (tertiary/aromatic N) is 1. The second kappa shape index (κ2) is 19.2. The third-order valence-corrected chi connectivity index (χ3v) is 6.57. The van der Waals surface area contributed by atoms with Gasteiger partial charge < -0.3 is 21.3 Å². The molecule has 2 amide bonds. The highest BCUT2D eigenvalue weighted by Gasteiger charge is 2.37. The number of carbonyl (C=O) groups excluding carboxylic acids is 3. The van der Waals surface area contributed by atoms with Crippen LogP contribution in [0.15, 0.2) is 12.3 Å². The molecule has 2 saturated heterocycles. The predicted octanol–water partition coefficient (Wildman–Crippen LogP) is 5.39. The molecule has 0 aromatic rings. The van der Waals surface area contributed by atoms with Crippen LogP contribution in [0.3, 0.4) is 0 Å². The van der Waals surface area contributed by atoms with Crippen LogP contribution in [0.4, 0.5) is 0 Å². The first kappa shape index (κ1) is 35.1. The molecule has 0 radical (unpaired) electrons. The zero-order chi connectivity index (χ0) is 28.5. The van der Waals surface area contributed by atoms with Crippen LogP contribution >= 0.6 is 0 Å². The molecule has 7 heteroatoms. The molecule has 1 saturated carbocycles. The quantitative estimate of drug-likeness (QED) is 0.406. The summed E-state index contributed by atoms with van der Waals surface area (Å²) < 4.78 is 0. The maximum absolute atomic E-state index is 12.5. The molecule has 4 unspecified atom stereocenters. The molecule has 216 valence electrons. The minimum Gasteiger partial charge on any atom is -0.389 e. The Morgan fingerprint density at radius 3 is 2.05 bits per heavy atom. The van der Waals surface area contributed by atoms with Gasteiger partial charge in [0.15, 0.2) is 0 Å². The number of carbonyl (C=O) groups is 3. The third-order valence-electron chi connectivity index (χ3n) is 6.57. The molecule has 1 aliphatic carbocycles. The van der Waals surface area contributed by atoms with Gasteiger partial charge in [-0.25, -0.2) is 0 Å². The monoisotopic (exact) mass is 522 g/mol. The largest absolute Gasteiger partial charge is 0.389 e. The summed E-state index contributed by atoms with van der Waals surface area (Å²) in [5.74, 6) is 2.21. The summed E-state index contributed by atoms with van der Waals surface area (Å²) in [4.78, 5) is 36.8. The van der Waals surface area contributed by atoms with Crippen molar-refractivity contribution in [3.63, 3.8) is 0 Å². The molecule has 3 fully saturated rings. The molecule has 3 rings (SSSR count). The first-order valence-corrected chi connectivity index (χ1v) is 14.7. The van der Waals surface area contributed by atoms with Crippen molar-refractivity contribution in [2.45, 2.75) is 125 Å². The summed E-state index contributed by atoms with van der Waals surface area (Å²) in [5.41, 5.74) is 7.07. The van der Waals surface area contributed by atoms with Gasteiger partial charge in [0.25, 0.3) is 0 Å². The number of allylic oxidation sites excluding steroid dienone is 1. The zero-order valence-corrected chi connectivity index (χ0v) is 25.2. The molecule has 37 heavy (non-hydrogen) atoms. The normalized spacial score (nSPS) is 23.6. The minimum atomic E-state index is -0.399. The number of nitrogens with one attached hydrogen (secondary N) is 2. The summed E-state index contributed by atoms with van der Waals surface area (Å²) in [7, 11) is 0. The van der Waals surface area contributed by atoms with Gasteiger partial charge in [0.2, 0.25) is 11.8 Å². The molecule has 7 nitrogen and oxygen atoms in total. The van der Waals surface area contributed by atoms with Crippen molar-refractivity contribution in [3.05, 3.63) is 12.3 Å². The van der Waals surface area contributed by atoms with Crippen molar-refractivity contribution in [2.24, 2.45) is 29.4 Å². The fourth-order valence-corrected chi connectivity index (χ4v) is 4.74. The Kier molecular flexibility index (Phi) is 18.2. The highest BCUT2D eigenvalue weighted by molar-refractivity contribution is 5.88. The van der Waals surface area contributed by atoms with E-state index >= 15 is 0 Å². The van der Waals surface area contributed by atoms with E-state index in [1.54, 1.807) is 11.8 Å². The third kappa shape index (κ3) is 14.6. The molecular formula is C30H58N4O3. The Labute approximate surface area is 227 Å². The summed E-state index contributed by atoms with van der Waals surface area (Å²) in [6.45, 7) is 21.9. The van der Waals surface area contributed by atoms with Gasteiger partial charge in [-0.05, 0) is 50.9 Å². The van der Waals surface area contributed by atoms with E-state index < -0.39 is 6.17 Å². The molecule has 2 aliphatic heterocycles. The average molecular weight is 523 g/mol. The topological polar surface area (TPSA) is 105 Å². The van der Waals surface area contributed by atoms with Crippen molar-refractivity contribution < 1.29 is 14.4 Å². The van der Waals surface area contributed by atoms with Gasteiger partial charge in [-0.2, -0.15) is 0 Å². The van der Waals surface area contributed by atoms with Crippen LogP contribution in [0.2, 0.25) is 0 Å². The molecule has 0 aromatic heterocycles. The van der Waals surface area contributed by atoms with Crippen LogP contribution in [-0.2, 0) is 14.4 Å². The van der Waals surface area contributed by atoms with Gasteiger partial charge in [-0.1, -0.05) is 74.3 Å². The van der Waals surface area contributed by atoms with Crippen LogP contribution in [0, 0.1) is 23.7 Å². The van der Waals surface area contributed by atoms with E-state index in [1.165, 1.54) is 19.3 Å². The van der Waals surface area contributed by atoms with E-state index in [4.69, 9.17) is 5.73 Å². The Morgan fingerprint density at radius 1 is 1.11 bits per heavy atom. The Bertz CT molecular complexity index is 686. The van der Waals surface area contributed by atoms with E-state index in [9.17, 15) is 14.4 Å². The van der Waals surface area contributed by atoms with E-state index in [1.807, 2.05) is 6.92 Å². The first-order chi connectivity index (χ1) is 17.4. The lowest BCUT2D eigenvalue weighted by molar-refractivity contribution is -0.138. The van der Waals surface area contributed by atoms with E-state index in [0.29, 0.717) is 49.3 Å². The SMILES string of the molecule is C=C1NCCC1CC(N)NC(=O)C1CC(C)CN1C(=O)CC.CC(=O)C1CCCC1.CC(C)C.CCC. The Balaban J connectivity index is 0.000000705. The first-order valence-electron chi connectivity index (χ1n) is 14.7. The molecule has 3 aliphatic rings. The number of rotatable bonds is 6. The van der Waals surface area contributed by atoms with E-state index in [-0.39, 0.29) is 17.9 Å². The number of hydrogen-bond acceptors (Lipinski definition) is 5. The van der Waals surface area contributed by atoms with Crippen LogP contribution < -0.4 is 16.4 Å². The maximum Gasteiger partial charge on any atom is 0.244 e. The number of likely N-dealkylation sites (tertiary alicyclic amines) is 1. The predicted molar refractivity (Wildman–Crippen MR) is 155 cm³/mol. The standard InChI is InChI=1S/C16H28N4O2.C7H12O.C4H10.C3H8/c1-4-15(21)20-9-10(2)7-13(20)16(22)19-14(17)8-12-5-6-18-11(12)3;1-6(8)7-4-2-3-5-7;1-4(2)3;1-3-2/h10,12-14,18H,3-9,17H2,1-2H3,(H,19,22);7H,2-5H2,1H3;4H,1-3H3;3H2,1-2H3. The smallest absolute Gasteiger partial charge is 0.244 e. The lowest BCUT2D eigenvalue weighted by Crippen LogP contribution is -2.51. The van der Waals surface area contributed by atoms with Crippen LogP contribution in [0.25, 0.3) is 0 Å². The van der Waals surface area contributed by atoms with Crippen LogP contribution in [0.1, 0.15) is 113 Å². The van der Waals surface area contributed by atoms with Gasteiger partial charge in [0, 0.05) is 37.0 Å². The lowest BCUT2D eigenvalue weighted by Gasteiger charge is -2.26. The number of hydrogen-bond donors (Lipinski definition) is 3. The van der Waals surface area contributed by atoms with Crippen LogP contribution in [0.5, 0.6) is 0 Å². The lowest BCUT2D eigenvalue weighted by atomic mass is 10.00. The molecule has 2 heterocycles. The van der Waals surface area contributed by atoms with E-state index in [2.05, 4.69) is 58.8 Å². The van der Waals surface area contributed by atoms with Crippen molar-refractivity contribution in [1.29, 1.82) is 0 Å². The van der Waals surface area contributed by atoms with Crippen molar-refractivity contribution >= 4 is 17.6 Å². The Hall–Kier alpha value is -1.89. The Morgan fingerprint density at radius 2 is 1.65 bits per heavy atom. The fraction of sp³-hybridized carbons (Fsp3) is 0.833. The summed E-state index contributed by atoms with van der Waals surface area (Å²) in [6, 6.07) is -0.376. The summed E-state index contributed by atoms with van der Waals surface area (Å²) in [5, 5.41) is 6.08. The highest BCUT2D eigenvalue weighted by atomic mass is 16.2. The maximum atomic E-state index is 12.5. The minimum absolute atomic E-state index is 0.0337. The summed E-state index contributed by atoms with van der Waals surface area (Å²) >= 11 is 0. The number of amides is 2. The van der Waals surface area contributed by atoms with Gasteiger partial charge in [0.05, 0.1) is 6.17 Å². The van der Waals surface area contributed by atoms with Crippen molar-refractivity contribution in [3.8, 4) is 0 Å².